The van der Waals surface area contributed by atoms with E-state index in [0.29, 0.717) is 16.8 Å². The third-order valence-corrected chi connectivity index (χ3v) is 4.35. The van der Waals surface area contributed by atoms with E-state index in [1.54, 1.807) is 24.3 Å². The molecule has 3 rings (SSSR count). The number of aromatic hydroxyl groups is 2. The first-order valence-electron chi connectivity index (χ1n) is 7.26. The van der Waals surface area contributed by atoms with E-state index < -0.39 is 21.0 Å². The molecule has 0 heterocycles. The van der Waals surface area contributed by atoms with Crippen molar-refractivity contribution in [3.05, 3.63) is 54.6 Å². The lowest BCUT2D eigenvalue weighted by Crippen LogP contribution is -2.11. The third kappa shape index (κ3) is 5.56. The predicted molar refractivity (Wildman–Crippen MR) is 101 cm³/mol. The predicted octanol–water partition coefficient (Wildman–Crippen LogP) is 1.71. The van der Waals surface area contributed by atoms with Gasteiger partial charge in [0, 0.05) is 17.1 Å². The quantitative estimate of drug-likeness (QED) is 0.215. The van der Waals surface area contributed by atoms with Gasteiger partial charge in [-0.15, -0.1) is 0 Å². The fourth-order valence-corrected chi connectivity index (χ4v) is 2.82. The van der Waals surface area contributed by atoms with Gasteiger partial charge >= 0.3 is 0 Å². The van der Waals surface area contributed by atoms with Gasteiger partial charge in [-0.2, -0.15) is 0 Å². The number of nitrogens with two attached hydrogens (primary N) is 1. The molecule has 0 saturated heterocycles. The Kier molecular flexibility index (Phi) is 6.23. The summed E-state index contributed by atoms with van der Waals surface area (Å²) >= 11 is 0. The van der Waals surface area contributed by atoms with Gasteiger partial charge < -0.3 is 15.5 Å². The van der Waals surface area contributed by atoms with Gasteiger partial charge in [0.2, 0.25) is 10.0 Å². The number of nitrogens with one attached hydrogen (secondary N) is 1. The number of thiol groups is 1. The smallest absolute Gasteiger partial charge is 0.254 e. The topological polar surface area (TPSA) is 167 Å². The van der Waals surface area contributed by atoms with Gasteiger partial charge in [-0.25, -0.2) is 22.0 Å². The van der Waals surface area contributed by atoms with Crippen molar-refractivity contribution in [3.63, 3.8) is 0 Å². The summed E-state index contributed by atoms with van der Waals surface area (Å²) in [5.74, 6) is -0.0890. The summed E-state index contributed by atoms with van der Waals surface area (Å²) < 4.78 is 46.7. The van der Waals surface area contributed by atoms with E-state index in [9.17, 15) is 18.6 Å². The maximum Gasteiger partial charge on any atom is 0.254 e. The molecule has 27 heavy (non-hydrogen) atoms. The van der Waals surface area contributed by atoms with Crippen LogP contribution in [0.4, 0.5) is 11.4 Å². The first kappa shape index (κ1) is 20.5. The second-order valence-electron chi connectivity index (χ2n) is 5.30. The highest BCUT2D eigenvalue weighted by molar-refractivity contribution is 7.89. The van der Waals surface area contributed by atoms with Crippen LogP contribution in [0.15, 0.2) is 59.5 Å². The highest BCUT2D eigenvalue weighted by atomic mass is 32.2. The number of hydrogen-bond acceptors (Lipinski definition) is 7. The first-order chi connectivity index (χ1) is 12.6. The fraction of sp³-hybridized carbons (Fsp3) is 0. The SMILES string of the molecule is NS(=O)(=O)c1ccc(Nc2ccc3cccc(O)c3c2)c(O)c1.O=[SH](=O)O. The summed E-state index contributed by atoms with van der Waals surface area (Å²) in [7, 11) is -6.99. The molecule has 11 heteroatoms. The van der Waals surface area contributed by atoms with Crippen LogP contribution in [0.3, 0.4) is 0 Å². The number of primary sulfonamides is 1. The number of sulfonamides is 1. The van der Waals surface area contributed by atoms with E-state index in [-0.39, 0.29) is 16.4 Å². The average molecular weight is 412 g/mol. The number of benzene rings is 3. The highest BCUT2D eigenvalue weighted by Crippen LogP contribution is 2.32. The van der Waals surface area contributed by atoms with Crippen LogP contribution in [0.5, 0.6) is 11.5 Å². The highest BCUT2D eigenvalue weighted by Gasteiger charge is 2.11. The lowest BCUT2D eigenvalue weighted by Gasteiger charge is -2.11. The minimum absolute atomic E-state index is 0.153. The average Bonchev–Trinajstić information content (AvgIpc) is 2.56. The maximum atomic E-state index is 11.3. The van der Waals surface area contributed by atoms with Crippen LogP contribution in [0.25, 0.3) is 10.8 Å². The molecule has 0 aliphatic carbocycles. The van der Waals surface area contributed by atoms with Crippen molar-refractivity contribution in [2.45, 2.75) is 4.90 Å². The second kappa shape index (κ2) is 8.22. The Bertz CT molecular complexity index is 1150. The number of phenolic OH excluding ortho intramolecular Hbond substituents is 2. The molecule has 9 nitrogen and oxygen atoms in total. The van der Waals surface area contributed by atoms with Crippen molar-refractivity contribution in [2.24, 2.45) is 5.14 Å². The maximum absolute atomic E-state index is 11.3. The molecule has 0 atom stereocenters. The van der Waals surface area contributed by atoms with Gasteiger partial charge in [-0.1, -0.05) is 18.2 Å². The zero-order valence-electron chi connectivity index (χ0n) is 13.6. The van der Waals surface area contributed by atoms with E-state index in [4.69, 9.17) is 18.1 Å². The summed E-state index contributed by atoms with van der Waals surface area (Å²) in [6.07, 6.45) is 0. The molecule has 0 aliphatic rings. The van der Waals surface area contributed by atoms with Crippen LogP contribution in [-0.4, -0.2) is 31.6 Å². The Labute approximate surface area is 156 Å². The summed E-state index contributed by atoms with van der Waals surface area (Å²) in [6, 6.07) is 14.4. The van der Waals surface area contributed by atoms with Crippen molar-refractivity contribution >= 4 is 43.2 Å². The van der Waals surface area contributed by atoms with E-state index in [0.717, 1.165) is 11.5 Å². The standard InChI is InChI=1S/C16H14N2O4S.H2O3S/c17-23(21,22)12-6-7-14(16(20)9-12)18-11-5-4-10-2-1-3-15(19)13(10)8-11;1-4(2)3/h1-9,18-20H,(H2,17,21,22);4H,(H,1,2,3). The zero-order chi connectivity index (χ0) is 20.2. The zero-order valence-corrected chi connectivity index (χ0v) is 15.3. The lowest BCUT2D eigenvalue weighted by atomic mass is 10.1. The number of rotatable bonds is 3. The van der Waals surface area contributed by atoms with Crippen molar-refractivity contribution in [1.29, 1.82) is 0 Å². The van der Waals surface area contributed by atoms with Crippen molar-refractivity contribution < 1.29 is 31.6 Å². The van der Waals surface area contributed by atoms with Gasteiger partial charge in [0.15, 0.2) is 0 Å². The number of hydrogen-bond donors (Lipinski definition) is 6. The van der Waals surface area contributed by atoms with Gasteiger partial charge in [0.05, 0.1) is 10.6 Å². The summed E-state index contributed by atoms with van der Waals surface area (Å²) in [5.41, 5.74) is 0.963. The normalized spacial score (nSPS) is 11.1. The number of anilines is 2. The molecule has 0 saturated carbocycles. The molecule has 0 fully saturated rings. The van der Waals surface area contributed by atoms with Crippen LogP contribution in [0.1, 0.15) is 0 Å². The van der Waals surface area contributed by atoms with Crippen LogP contribution in [0, 0.1) is 0 Å². The van der Waals surface area contributed by atoms with Crippen LogP contribution in [-0.2, 0) is 21.0 Å². The minimum atomic E-state index is -3.87. The van der Waals surface area contributed by atoms with Gasteiger partial charge in [0.25, 0.3) is 11.0 Å². The first-order valence-corrected chi connectivity index (χ1v) is 9.93. The molecule has 0 bridgehead atoms. The Morgan fingerprint density at radius 3 is 2.19 bits per heavy atom. The van der Waals surface area contributed by atoms with E-state index in [1.807, 2.05) is 12.1 Å². The van der Waals surface area contributed by atoms with Crippen LogP contribution in [0.2, 0.25) is 0 Å². The Balaban J connectivity index is 0.000000596. The Hall–Kier alpha value is -2.86. The molecule has 3 aromatic rings. The van der Waals surface area contributed by atoms with Gasteiger partial charge in [0.1, 0.15) is 11.5 Å². The Morgan fingerprint density at radius 2 is 1.59 bits per heavy atom. The lowest BCUT2D eigenvalue weighted by molar-refractivity contribution is 0.475. The molecule has 0 aliphatic heterocycles. The number of fused-ring (bicyclic) bond motifs is 1. The molecule has 144 valence electrons. The second-order valence-corrected chi connectivity index (χ2v) is 7.34. The molecule has 0 amide bonds. The van der Waals surface area contributed by atoms with Gasteiger partial charge in [-0.05, 0) is 35.7 Å². The third-order valence-electron chi connectivity index (χ3n) is 3.44. The Morgan fingerprint density at radius 1 is 0.926 bits per heavy atom. The molecule has 0 unspecified atom stereocenters. The molecular formula is C16H16N2O7S2. The van der Waals surface area contributed by atoms with E-state index in [2.05, 4.69) is 5.32 Å². The summed E-state index contributed by atoms with van der Waals surface area (Å²) in [6.45, 7) is 0. The minimum Gasteiger partial charge on any atom is -0.507 e. The number of phenols is 2. The molecule has 6 N–H and O–H groups in total. The fourth-order valence-electron chi connectivity index (χ4n) is 2.28. The molecule has 0 spiro atoms. The van der Waals surface area contributed by atoms with Gasteiger partial charge in [-0.3, -0.25) is 4.55 Å². The van der Waals surface area contributed by atoms with E-state index >= 15 is 0 Å². The molecule has 0 radical (unpaired) electrons. The summed E-state index contributed by atoms with van der Waals surface area (Å²) in [4.78, 5) is -0.170. The molecule has 3 aromatic carbocycles. The van der Waals surface area contributed by atoms with Crippen molar-refractivity contribution in [2.75, 3.05) is 5.32 Å². The van der Waals surface area contributed by atoms with Crippen molar-refractivity contribution in [3.8, 4) is 11.5 Å². The monoisotopic (exact) mass is 412 g/mol. The van der Waals surface area contributed by atoms with Crippen LogP contribution >= 0.6 is 0 Å². The van der Waals surface area contributed by atoms with E-state index in [1.165, 1.54) is 12.1 Å². The largest absolute Gasteiger partial charge is 0.507 e. The molecule has 0 aromatic heterocycles. The van der Waals surface area contributed by atoms with Crippen molar-refractivity contribution in [1.82, 2.24) is 0 Å². The summed E-state index contributed by atoms with van der Waals surface area (Å²) in [5, 5.41) is 29.4. The molecular weight excluding hydrogens is 396 g/mol. The van der Waals surface area contributed by atoms with Crippen LogP contribution < -0.4 is 10.5 Å².